The van der Waals surface area contributed by atoms with Crippen LogP contribution in [0, 0.1) is 11.6 Å². The number of carboxylic acid groups (broad SMARTS) is 1. The van der Waals surface area contributed by atoms with E-state index in [0.29, 0.717) is 17.9 Å². The van der Waals surface area contributed by atoms with Gasteiger partial charge >= 0.3 is 5.97 Å². The Morgan fingerprint density at radius 3 is 2.29 bits per heavy atom. The highest BCUT2D eigenvalue weighted by Crippen LogP contribution is 2.16. The summed E-state index contributed by atoms with van der Waals surface area (Å²) in [5.41, 5.74) is -2.34. The Kier molecular flexibility index (Phi) is 5.68. The molecule has 0 bridgehead atoms. The Hall–Kier alpha value is -1.67. The van der Waals surface area contributed by atoms with Crippen LogP contribution in [0.3, 0.4) is 0 Å². The van der Waals surface area contributed by atoms with Crippen LogP contribution in [-0.4, -0.2) is 46.2 Å². The smallest absolute Gasteiger partial charge is 0.336 e. The summed E-state index contributed by atoms with van der Waals surface area (Å²) in [6.45, 7) is 1.35. The highest BCUT2D eigenvalue weighted by atomic mass is 32.2. The van der Waals surface area contributed by atoms with E-state index < -0.39 is 40.2 Å². The molecule has 0 radical (unpaired) electrons. The minimum Gasteiger partial charge on any atom is -0.478 e. The molecule has 21 heavy (non-hydrogen) atoms. The number of hydrogen-bond donors (Lipinski definition) is 3. The normalized spacial score (nSPS) is 13.6. The lowest BCUT2D eigenvalue weighted by molar-refractivity contribution is 0.0681. The molecule has 1 unspecified atom stereocenters. The molecule has 0 spiro atoms. The number of carboxylic acids is 1. The first-order valence-electron chi connectivity index (χ1n) is 5.90. The Balaban J connectivity index is 2.97. The van der Waals surface area contributed by atoms with Crippen molar-refractivity contribution in [1.29, 1.82) is 0 Å². The number of amides is 1. The third kappa shape index (κ3) is 4.68. The lowest BCUT2D eigenvalue weighted by atomic mass is 10.1. The molecule has 1 aromatic rings. The fourth-order valence-electron chi connectivity index (χ4n) is 1.64. The standard InChI is InChI=1S/C13H15F2NO4S/c1-13(20,6-21-2)5-16-11(17)7-3-9(14)10(15)4-8(7)12(18)19/h3-4,20H,5-6H2,1-2H3,(H,16,17)(H,18,19). The third-order valence-corrected chi connectivity index (χ3v) is 3.53. The van der Waals surface area contributed by atoms with E-state index in [2.05, 4.69) is 5.32 Å². The van der Waals surface area contributed by atoms with Crippen molar-refractivity contribution in [1.82, 2.24) is 5.32 Å². The summed E-state index contributed by atoms with van der Waals surface area (Å²) >= 11 is 1.36. The van der Waals surface area contributed by atoms with Crippen LogP contribution in [0.25, 0.3) is 0 Å². The van der Waals surface area contributed by atoms with Crippen LogP contribution in [0.4, 0.5) is 8.78 Å². The first kappa shape index (κ1) is 17.4. The van der Waals surface area contributed by atoms with Crippen molar-refractivity contribution in [2.45, 2.75) is 12.5 Å². The van der Waals surface area contributed by atoms with Gasteiger partial charge in [0.1, 0.15) is 0 Å². The van der Waals surface area contributed by atoms with Crippen molar-refractivity contribution in [2.24, 2.45) is 0 Å². The van der Waals surface area contributed by atoms with Crippen LogP contribution < -0.4 is 5.32 Å². The molecule has 0 saturated carbocycles. The molecule has 1 amide bonds. The monoisotopic (exact) mass is 319 g/mol. The summed E-state index contributed by atoms with van der Waals surface area (Å²) in [6, 6.07) is 0.976. The number of aromatic carboxylic acids is 1. The van der Waals surface area contributed by atoms with Crippen molar-refractivity contribution in [3.63, 3.8) is 0 Å². The quantitative estimate of drug-likeness (QED) is 0.740. The molecule has 116 valence electrons. The van der Waals surface area contributed by atoms with Gasteiger partial charge in [-0.15, -0.1) is 0 Å². The first-order valence-corrected chi connectivity index (χ1v) is 7.29. The van der Waals surface area contributed by atoms with Gasteiger partial charge in [-0.25, -0.2) is 13.6 Å². The number of thioether (sulfide) groups is 1. The Morgan fingerprint density at radius 1 is 1.29 bits per heavy atom. The second kappa shape index (κ2) is 6.86. The maximum Gasteiger partial charge on any atom is 0.336 e. The molecule has 0 fully saturated rings. The Morgan fingerprint density at radius 2 is 1.81 bits per heavy atom. The topological polar surface area (TPSA) is 86.6 Å². The van der Waals surface area contributed by atoms with Crippen molar-refractivity contribution < 1.29 is 28.6 Å². The molecule has 0 saturated heterocycles. The van der Waals surface area contributed by atoms with Gasteiger partial charge in [0.2, 0.25) is 0 Å². The largest absolute Gasteiger partial charge is 0.478 e. The molecule has 0 aliphatic carbocycles. The highest BCUT2D eigenvalue weighted by molar-refractivity contribution is 7.98. The lowest BCUT2D eigenvalue weighted by Crippen LogP contribution is -2.42. The summed E-state index contributed by atoms with van der Waals surface area (Å²) in [5, 5.41) is 21.1. The van der Waals surface area contributed by atoms with E-state index in [0.717, 1.165) is 0 Å². The second-order valence-corrected chi connectivity index (χ2v) is 5.60. The molecule has 0 aromatic heterocycles. The zero-order valence-electron chi connectivity index (χ0n) is 11.4. The SMILES string of the molecule is CSCC(C)(O)CNC(=O)c1cc(F)c(F)cc1C(=O)O. The number of carbonyl (C=O) groups excluding carboxylic acids is 1. The number of hydrogen-bond acceptors (Lipinski definition) is 4. The van der Waals surface area contributed by atoms with Crippen LogP contribution in [0.1, 0.15) is 27.6 Å². The fraction of sp³-hybridized carbons (Fsp3) is 0.385. The number of rotatable bonds is 6. The number of halogens is 2. The molecule has 1 aromatic carbocycles. The van der Waals surface area contributed by atoms with E-state index >= 15 is 0 Å². The van der Waals surface area contributed by atoms with Crippen LogP contribution in [0.5, 0.6) is 0 Å². The number of aliphatic hydroxyl groups is 1. The van der Waals surface area contributed by atoms with Gasteiger partial charge in [-0.1, -0.05) is 0 Å². The van der Waals surface area contributed by atoms with Gasteiger partial charge in [0.15, 0.2) is 11.6 Å². The van der Waals surface area contributed by atoms with Crippen molar-refractivity contribution in [3.05, 3.63) is 34.9 Å². The average molecular weight is 319 g/mol. The Labute approximate surface area is 124 Å². The maximum atomic E-state index is 13.2. The predicted molar refractivity (Wildman–Crippen MR) is 74.7 cm³/mol. The summed E-state index contributed by atoms with van der Waals surface area (Å²) in [7, 11) is 0. The Bertz CT molecular complexity index is 563. The maximum absolute atomic E-state index is 13.2. The van der Waals surface area contributed by atoms with E-state index in [4.69, 9.17) is 5.11 Å². The van der Waals surface area contributed by atoms with Gasteiger partial charge in [-0.3, -0.25) is 4.79 Å². The first-order chi connectivity index (χ1) is 9.68. The summed E-state index contributed by atoms with van der Waals surface area (Å²) in [6.07, 6.45) is 1.77. The van der Waals surface area contributed by atoms with Crippen LogP contribution in [-0.2, 0) is 0 Å². The summed E-state index contributed by atoms with van der Waals surface area (Å²) in [4.78, 5) is 22.9. The zero-order valence-corrected chi connectivity index (χ0v) is 12.3. The van der Waals surface area contributed by atoms with Crippen LogP contribution in [0.2, 0.25) is 0 Å². The van der Waals surface area contributed by atoms with Crippen LogP contribution in [0.15, 0.2) is 12.1 Å². The minimum absolute atomic E-state index is 0.148. The number of carbonyl (C=O) groups is 2. The highest BCUT2D eigenvalue weighted by Gasteiger charge is 2.24. The third-order valence-electron chi connectivity index (χ3n) is 2.62. The molecule has 1 atom stereocenters. The van der Waals surface area contributed by atoms with Gasteiger partial charge in [-0.2, -0.15) is 11.8 Å². The van der Waals surface area contributed by atoms with Gasteiger partial charge in [0.05, 0.1) is 16.7 Å². The molecule has 0 aliphatic rings. The lowest BCUT2D eigenvalue weighted by Gasteiger charge is -2.22. The molecular formula is C13H15F2NO4S. The number of benzene rings is 1. The van der Waals surface area contributed by atoms with E-state index in [1.807, 2.05) is 0 Å². The molecule has 8 heteroatoms. The van der Waals surface area contributed by atoms with Gasteiger partial charge in [0.25, 0.3) is 5.91 Å². The summed E-state index contributed by atoms with van der Waals surface area (Å²) < 4.78 is 26.2. The van der Waals surface area contributed by atoms with Crippen molar-refractivity contribution in [3.8, 4) is 0 Å². The van der Waals surface area contributed by atoms with Gasteiger partial charge in [0, 0.05) is 12.3 Å². The number of nitrogens with one attached hydrogen (secondary N) is 1. The second-order valence-electron chi connectivity index (χ2n) is 4.73. The van der Waals surface area contributed by atoms with E-state index in [1.165, 1.54) is 18.7 Å². The molecular weight excluding hydrogens is 304 g/mol. The predicted octanol–water partition coefficient (Wildman–Crippen LogP) is 1.51. The minimum atomic E-state index is -1.55. The fourth-order valence-corrected chi connectivity index (χ4v) is 2.36. The molecule has 1 rings (SSSR count). The van der Waals surface area contributed by atoms with Crippen LogP contribution >= 0.6 is 11.8 Å². The van der Waals surface area contributed by atoms with E-state index in [-0.39, 0.29) is 6.54 Å². The molecule has 0 aliphatic heterocycles. The van der Waals surface area contributed by atoms with Gasteiger partial charge < -0.3 is 15.5 Å². The van der Waals surface area contributed by atoms with Gasteiger partial charge in [-0.05, 0) is 25.3 Å². The molecule has 3 N–H and O–H groups in total. The van der Waals surface area contributed by atoms with E-state index in [9.17, 15) is 23.5 Å². The van der Waals surface area contributed by atoms with E-state index in [1.54, 1.807) is 6.26 Å². The zero-order chi connectivity index (χ0) is 16.2. The summed E-state index contributed by atoms with van der Waals surface area (Å²) in [5.74, 6) is -4.77. The molecule has 5 nitrogen and oxygen atoms in total. The van der Waals surface area contributed by atoms with Crippen molar-refractivity contribution in [2.75, 3.05) is 18.6 Å². The molecule has 0 heterocycles. The average Bonchev–Trinajstić information content (AvgIpc) is 2.38. The van der Waals surface area contributed by atoms with Crippen molar-refractivity contribution >= 4 is 23.6 Å².